The van der Waals surface area contributed by atoms with Crippen molar-refractivity contribution in [3.8, 4) is 11.5 Å². The molecular formula is C15H23BrClNO3. The van der Waals surface area contributed by atoms with Gasteiger partial charge in [0.2, 0.25) is 0 Å². The van der Waals surface area contributed by atoms with Crippen molar-refractivity contribution in [2.75, 3.05) is 14.2 Å². The quantitative estimate of drug-likeness (QED) is 0.821. The first-order valence-corrected chi connectivity index (χ1v) is 7.72. The smallest absolute Gasteiger partial charge is 0.161 e. The van der Waals surface area contributed by atoms with E-state index in [9.17, 15) is 5.11 Å². The van der Waals surface area contributed by atoms with Crippen molar-refractivity contribution in [1.82, 2.24) is 0 Å². The van der Waals surface area contributed by atoms with Crippen LogP contribution in [0.3, 0.4) is 0 Å². The summed E-state index contributed by atoms with van der Waals surface area (Å²) in [5, 5.41) is 10.5. The van der Waals surface area contributed by atoms with Crippen LogP contribution < -0.4 is 15.2 Å². The third kappa shape index (κ3) is 4.03. The van der Waals surface area contributed by atoms with Gasteiger partial charge in [-0.05, 0) is 36.5 Å². The zero-order valence-corrected chi connectivity index (χ0v) is 14.7. The van der Waals surface area contributed by atoms with Crippen molar-refractivity contribution in [3.63, 3.8) is 0 Å². The van der Waals surface area contributed by atoms with E-state index >= 15 is 0 Å². The number of methoxy groups -OCH3 is 2. The minimum absolute atomic E-state index is 0. The molecule has 1 aliphatic rings. The fourth-order valence-corrected chi connectivity index (χ4v) is 3.49. The van der Waals surface area contributed by atoms with Crippen LogP contribution in [0.25, 0.3) is 0 Å². The van der Waals surface area contributed by atoms with Crippen LogP contribution in [0.1, 0.15) is 37.3 Å². The number of rotatable bonds is 5. The van der Waals surface area contributed by atoms with E-state index in [1.807, 2.05) is 12.1 Å². The molecule has 0 aliphatic heterocycles. The molecule has 0 bridgehead atoms. The molecule has 0 radical (unpaired) electrons. The lowest BCUT2D eigenvalue weighted by molar-refractivity contribution is 0.0842. The third-order valence-corrected chi connectivity index (χ3v) is 4.80. The maximum atomic E-state index is 10.5. The maximum Gasteiger partial charge on any atom is 0.161 e. The fraction of sp³-hybridized carbons (Fsp3) is 0.600. The van der Waals surface area contributed by atoms with Gasteiger partial charge >= 0.3 is 0 Å². The first kappa shape index (κ1) is 18.6. The highest BCUT2D eigenvalue weighted by molar-refractivity contribution is 9.10. The molecule has 1 aromatic rings. The van der Waals surface area contributed by atoms with E-state index in [-0.39, 0.29) is 12.4 Å². The van der Waals surface area contributed by atoms with Crippen molar-refractivity contribution in [2.24, 2.45) is 11.7 Å². The van der Waals surface area contributed by atoms with Gasteiger partial charge in [-0.15, -0.1) is 12.4 Å². The molecular weight excluding hydrogens is 358 g/mol. The molecule has 1 saturated carbocycles. The molecule has 1 aromatic carbocycles. The number of halogens is 2. The zero-order chi connectivity index (χ0) is 14.7. The van der Waals surface area contributed by atoms with Crippen LogP contribution in [-0.4, -0.2) is 25.4 Å². The average Bonchev–Trinajstić information content (AvgIpc) is 2.99. The predicted molar refractivity (Wildman–Crippen MR) is 89.4 cm³/mol. The topological polar surface area (TPSA) is 64.7 Å². The molecule has 0 spiro atoms. The number of nitrogens with two attached hydrogens (primary N) is 1. The lowest BCUT2D eigenvalue weighted by Gasteiger charge is -2.26. The van der Waals surface area contributed by atoms with E-state index < -0.39 is 12.1 Å². The summed E-state index contributed by atoms with van der Waals surface area (Å²) < 4.78 is 11.4. The Morgan fingerprint density at radius 1 is 1.19 bits per heavy atom. The van der Waals surface area contributed by atoms with Gasteiger partial charge in [0, 0.05) is 4.47 Å². The normalized spacial score (nSPS) is 18.0. The second-order valence-electron chi connectivity index (χ2n) is 5.29. The summed E-state index contributed by atoms with van der Waals surface area (Å²) in [5.74, 6) is 1.57. The van der Waals surface area contributed by atoms with Crippen LogP contribution in [-0.2, 0) is 0 Å². The van der Waals surface area contributed by atoms with Crippen molar-refractivity contribution in [1.29, 1.82) is 0 Å². The Morgan fingerprint density at radius 3 is 2.24 bits per heavy atom. The van der Waals surface area contributed by atoms with Gasteiger partial charge in [-0.2, -0.15) is 0 Å². The molecule has 0 amide bonds. The summed E-state index contributed by atoms with van der Waals surface area (Å²) in [6.07, 6.45) is 3.95. The monoisotopic (exact) mass is 379 g/mol. The maximum absolute atomic E-state index is 10.5. The lowest BCUT2D eigenvalue weighted by atomic mass is 9.91. The Labute approximate surface area is 140 Å². The van der Waals surface area contributed by atoms with Gasteiger partial charge < -0.3 is 20.3 Å². The number of benzene rings is 1. The largest absolute Gasteiger partial charge is 0.493 e. The van der Waals surface area contributed by atoms with Gasteiger partial charge in [-0.3, -0.25) is 0 Å². The minimum Gasteiger partial charge on any atom is -0.493 e. The van der Waals surface area contributed by atoms with Crippen molar-refractivity contribution in [2.45, 2.75) is 37.8 Å². The summed E-state index contributed by atoms with van der Waals surface area (Å²) in [4.78, 5) is 0. The second-order valence-corrected chi connectivity index (χ2v) is 6.14. The molecule has 0 heterocycles. The molecule has 3 N–H and O–H groups in total. The summed E-state index contributed by atoms with van der Waals surface area (Å²) in [5.41, 5.74) is 7.11. The van der Waals surface area contributed by atoms with Crippen LogP contribution in [0.15, 0.2) is 16.6 Å². The molecule has 21 heavy (non-hydrogen) atoms. The Kier molecular flexibility index (Phi) is 7.27. The van der Waals surface area contributed by atoms with Crippen LogP contribution in [0, 0.1) is 5.92 Å². The number of hydrogen-bond donors (Lipinski definition) is 2. The fourth-order valence-electron chi connectivity index (χ4n) is 2.90. The van der Waals surface area contributed by atoms with Gasteiger partial charge in [0.15, 0.2) is 11.5 Å². The van der Waals surface area contributed by atoms with Gasteiger partial charge in [0.25, 0.3) is 0 Å². The predicted octanol–water partition coefficient (Wildman–Crippen LogP) is 3.44. The lowest BCUT2D eigenvalue weighted by Crippen LogP contribution is -2.32. The highest BCUT2D eigenvalue weighted by Gasteiger charge is 2.30. The van der Waals surface area contributed by atoms with Crippen LogP contribution in [0.5, 0.6) is 11.5 Å². The standard InChI is InChI=1S/C15H22BrNO3.ClH/c1-19-12-7-10(11(16)8-13(12)20-2)14(17)15(18)9-5-3-4-6-9;/h7-9,14-15,18H,3-6,17H2,1-2H3;1H/t14-,15+;/m1./s1. The summed E-state index contributed by atoms with van der Waals surface area (Å²) >= 11 is 3.50. The van der Waals surface area contributed by atoms with Crippen molar-refractivity contribution in [3.05, 3.63) is 22.2 Å². The second kappa shape index (κ2) is 8.22. The van der Waals surface area contributed by atoms with E-state index in [4.69, 9.17) is 15.2 Å². The Hall–Kier alpha value is -0.490. The Morgan fingerprint density at radius 2 is 1.71 bits per heavy atom. The van der Waals surface area contributed by atoms with E-state index in [2.05, 4.69) is 15.9 Å². The Balaban J connectivity index is 0.00000220. The van der Waals surface area contributed by atoms with E-state index in [0.29, 0.717) is 17.4 Å². The highest BCUT2D eigenvalue weighted by Crippen LogP contribution is 2.39. The molecule has 1 aliphatic carbocycles. The number of ether oxygens (including phenoxy) is 2. The molecule has 1 fully saturated rings. The van der Waals surface area contributed by atoms with E-state index in [1.165, 1.54) is 12.8 Å². The third-order valence-electron chi connectivity index (χ3n) is 4.11. The highest BCUT2D eigenvalue weighted by atomic mass is 79.9. The molecule has 4 nitrogen and oxygen atoms in total. The Bertz CT molecular complexity index is 466. The van der Waals surface area contributed by atoms with Gasteiger partial charge in [-0.1, -0.05) is 28.8 Å². The molecule has 0 aromatic heterocycles. The van der Waals surface area contributed by atoms with Crippen LogP contribution in [0.2, 0.25) is 0 Å². The van der Waals surface area contributed by atoms with Crippen LogP contribution in [0.4, 0.5) is 0 Å². The van der Waals surface area contributed by atoms with Crippen molar-refractivity contribution >= 4 is 28.3 Å². The number of hydrogen-bond acceptors (Lipinski definition) is 4. The van der Waals surface area contributed by atoms with Gasteiger partial charge in [0.1, 0.15) is 0 Å². The molecule has 0 saturated heterocycles. The average molecular weight is 381 g/mol. The SMILES string of the molecule is COc1cc(Br)c([C@@H](N)[C@@H](O)C2CCCC2)cc1OC.Cl. The summed E-state index contributed by atoms with van der Waals surface area (Å²) in [7, 11) is 3.19. The molecule has 120 valence electrons. The van der Waals surface area contributed by atoms with Gasteiger partial charge in [-0.25, -0.2) is 0 Å². The van der Waals surface area contributed by atoms with E-state index in [1.54, 1.807) is 14.2 Å². The molecule has 6 heteroatoms. The van der Waals surface area contributed by atoms with Crippen molar-refractivity contribution < 1.29 is 14.6 Å². The molecule has 0 unspecified atom stereocenters. The molecule has 2 rings (SSSR count). The van der Waals surface area contributed by atoms with Crippen LogP contribution >= 0.6 is 28.3 Å². The number of aliphatic hydroxyl groups excluding tert-OH is 1. The molecule has 2 atom stereocenters. The van der Waals surface area contributed by atoms with Gasteiger partial charge in [0.05, 0.1) is 26.4 Å². The zero-order valence-electron chi connectivity index (χ0n) is 12.3. The minimum atomic E-state index is -0.521. The first-order valence-electron chi connectivity index (χ1n) is 6.93. The van der Waals surface area contributed by atoms with E-state index in [0.717, 1.165) is 22.9 Å². The first-order chi connectivity index (χ1) is 9.58. The number of aliphatic hydroxyl groups is 1. The summed E-state index contributed by atoms with van der Waals surface area (Å²) in [6.45, 7) is 0. The summed E-state index contributed by atoms with van der Waals surface area (Å²) in [6, 6.07) is 3.24.